The average Bonchev–Trinajstić information content (AvgIpc) is 3.67. The molecule has 176 valence electrons. The molecule has 1 N–H and O–H groups in total. The number of rotatable bonds is 10. The standard InChI is InChI=1S/C22H27N4O6P/c1-15(32-33(30,25-11-12-25)23-18-8-9-18)16-7-10-20(26(28)29)21(14-16)31-19-6-4-5-17(13-19)22(27)24(2)3/h4-7,10,13-15,18H,8-9,11-12H2,1-3H3,(H,23,30). The fraction of sp³-hybridized carbons (Fsp3) is 0.409. The van der Waals surface area contributed by atoms with Crippen molar-refractivity contribution >= 4 is 19.3 Å². The molecule has 2 atom stereocenters. The van der Waals surface area contributed by atoms with Crippen molar-refractivity contribution in [3.8, 4) is 11.5 Å². The van der Waals surface area contributed by atoms with E-state index < -0.39 is 18.7 Å². The summed E-state index contributed by atoms with van der Waals surface area (Å²) in [6.45, 7) is 3.17. The number of hydrogen-bond acceptors (Lipinski definition) is 6. The van der Waals surface area contributed by atoms with E-state index >= 15 is 0 Å². The van der Waals surface area contributed by atoms with Crippen LogP contribution in [-0.2, 0) is 9.09 Å². The molecular formula is C22H27N4O6P. The van der Waals surface area contributed by atoms with E-state index in [0.29, 0.717) is 30.0 Å². The molecule has 1 saturated heterocycles. The molecule has 1 amide bonds. The smallest absolute Gasteiger partial charge is 0.344 e. The number of ether oxygens (including phenoxy) is 1. The molecule has 0 aromatic heterocycles. The first-order valence-corrected chi connectivity index (χ1v) is 12.3. The van der Waals surface area contributed by atoms with Gasteiger partial charge in [-0.15, -0.1) is 0 Å². The Hall–Kier alpha value is -2.78. The van der Waals surface area contributed by atoms with Gasteiger partial charge in [0.2, 0.25) is 5.75 Å². The third-order valence-corrected chi connectivity index (χ3v) is 7.82. The van der Waals surface area contributed by atoms with Crippen LogP contribution < -0.4 is 9.82 Å². The number of amides is 1. The molecule has 10 nitrogen and oxygen atoms in total. The largest absolute Gasteiger partial charge is 0.450 e. The van der Waals surface area contributed by atoms with Gasteiger partial charge in [-0.3, -0.25) is 24.0 Å². The summed E-state index contributed by atoms with van der Waals surface area (Å²) in [5.74, 6) is 0.0977. The molecular weight excluding hydrogens is 447 g/mol. The van der Waals surface area contributed by atoms with Gasteiger partial charge >= 0.3 is 13.4 Å². The Morgan fingerprint density at radius 2 is 1.97 bits per heavy atom. The average molecular weight is 474 g/mol. The summed E-state index contributed by atoms with van der Waals surface area (Å²) in [5, 5.41) is 14.7. The van der Waals surface area contributed by atoms with Crippen LogP contribution in [0.2, 0.25) is 0 Å². The summed E-state index contributed by atoms with van der Waals surface area (Å²) < 4.78 is 26.9. The van der Waals surface area contributed by atoms with Gasteiger partial charge in [0.15, 0.2) is 0 Å². The number of nitrogens with zero attached hydrogens (tertiary/aromatic N) is 3. The van der Waals surface area contributed by atoms with Crippen LogP contribution >= 0.6 is 7.67 Å². The number of carbonyl (C=O) groups is 1. The van der Waals surface area contributed by atoms with Crippen molar-refractivity contribution in [2.75, 3.05) is 27.2 Å². The summed E-state index contributed by atoms with van der Waals surface area (Å²) in [7, 11) is 0.110. The summed E-state index contributed by atoms with van der Waals surface area (Å²) in [6.07, 6.45) is 1.36. The summed E-state index contributed by atoms with van der Waals surface area (Å²) in [4.78, 5) is 24.7. The predicted octanol–water partition coefficient (Wildman–Crippen LogP) is 4.34. The lowest BCUT2D eigenvalue weighted by Gasteiger charge is -2.24. The third kappa shape index (κ3) is 5.59. The second-order valence-corrected chi connectivity index (χ2v) is 10.5. The molecule has 1 heterocycles. The molecule has 1 saturated carbocycles. The second kappa shape index (κ2) is 9.23. The molecule has 33 heavy (non-hydrogen) atoms. The van der Waals surface area contributed by atoms with E-state index in [9.17, 15) is 19.5 Å². The van der Waals surface area contributed by atoms with Crippen LogP contribution in [0.1, 0.15) is 41.8 Å². The zero-order valence-electron chi connectivity index (χ0n) is 18.8. The highest BCUT2D eigenvalue weighted by Crippen LogP contribution is 2.56. The molecule has 0 radical (unpaired) electrons. The Labute approximate surface area is 192 Å². The number of benzene rings is 2. The maximum atomic E-state index is 13.3. The highest BCUT2D eigenvalue weighted by molar-refractivity contribution is 7.54. The Balaban J connectivity index is 1.58. The Kier molecular flexibility index (Phi) is 6.54. The van der Waals surface area contributed by atoms with Crippen molar-refractivity contribution in [3.05, 3.63) is 63.7 Å². The van der Waals surface area contributed by atoms with Gasteiger partial charge in [0.25, 0.3) is 5.91 Å². The fourth-order valence-electron chi connectivity index (χ4n) is 3.30. The highest BCUT2D eigenvalue weighted by atomic mass is 31.2. The van der Waals surface area contributed by atoms with Gasteiger partial charge in [0.05, 0.1) is 11.0 Å². The minimum Gasteiger partial charge on any atom is -0.450 e. The molecule has 0 bridgehead atoms. The van der Waals surface area contributed by atoms with E-state index in [-0.39, 0.29) is 23.4 Å². The second-order valence-electron chi connectivity index (χ2n) is 8.44. The molecule has 2 unspecified atom stereocenters. The first-order chi connectivity index (χ1) is 15.7. The summed E-state index contributed by atoms with van der Waals surface area (Å²) in [5.41, 5.74) is 0.773. The topological polar surface area (TPSA) is 114 Å². The van der Waals surface area contributed by atoms with Crippen LogP contribution in [0.3, 0.4) is 0 Å². The first kappa shape index (κ1) is 23.4. The van der Waals surface area contributed by atoms with Crippen LogP contribution in [0, 0.1) is 10.1 Å². The number of carbonyl (C=O) groups excluding carboxylic acids is 1. The van der Waals surface area contributed by atoms with Crippen molar-refractivity contribution in [3.63, 3.8) is 0 Å². The summed E-state index contributed by atoms with van der Waals surface area (Å²) >= 11 is 0. The monoisotopic (exact) mass is 474 g/mol. The van der Waals surface area contributed by atoms with E-state index in [4.69, 9.17) is 9.26 Å². The molecule has 2 aromatic carbocycles. The van der Waals surface area contributed by atoms with Gasteiger partial charge in [-0.05, 0) is 55.7 Å². The zero-order valence-corrected chi connectivity index (χ0v) is 19.7. The van der Waals surface area contributed by atoms with Crippen LogP contribution in [0.4, 0.5) is 5.69 Å². The van der Waals surface area contributed by atoms with Crippen LogP contribution in [0.25, 0.3) is 0 Å². The Morgan fingerprint density at radius 1 is 1.24 bits per heavy atom. The van der Waals surface area contributed by atoms with Crippen molar-refractivity contribution in [2.24, 2.45) is 0 Å². The van der Waals surface area contributed by atoms with E-state index in [0.717, 1.165) is 12.8 Å². The molecule has 0 spiro atoms. The number of nitro benzene ring substituents is 1. The van der Waals surface area contributed by atoms with Crippen molar-refractivity contribution in [2.45, 2.75) is 31.9 Å². The van der Waals surface area contributed by atoms with Crippen LogP contribution in [0.15, 0.2) is 42.5 Å². The maximum Gasteiger partial charge on any atom is 0.344 e. The van der Waals surface area contributed by atoms with Gasteiger partial charge in [-0.1, -0.05) is 6.07 Å². The predicted molar refractivity (Wildman–Crippen MR) is 122 cm³/mol. The lowest BCUT2D eigenvalue weighted by atomic mass is 10.1. The van der Waals surface area contributed by atoms with Gasteiger partial charge in [0.1, 0.15) is 5.75 Å². The SMILES string of the molecule is CC(OP(=O)(NC1CC1)N1CC1)c1ccc([N+](=O)[O-])c(Oc2cccc(C(=O)N(C)C)c2)c1. The normalized spacial score (nSPS) is 18.3. The van der Waals surface area contributed by atoms with Gasteiger partial charge in [-0.25, -0.2) is 9.76 Å². The maximum absolute atomic E-state index is 13.3. The van der Waals surface area contributed by atoms with Crippen molar-refractivity contribution in [1.82, 2.24) is 14.7 Å². The molecule has 2 aromatic rings. The Morgan fingerprint density at radius 3 is 2.58 bits per heavy atom. The minimum atomic E-state index is -3.17. The minimum absolute atomic E-state index is 0.0131. The number of nitro groups is 1. The fourth-order valence-corrected chi connectivity index (χ4v) is 5.54. The van der Waals surface area contributed by atoms with Crippen LogP contribution in [-0.4, -0.2) is 53.6 Å². The van der Waals surface area contributed by atoms with E-state index in [1.807, 2.05) is 0 Å². The summed E-state index contributed by atoms with van der Waals surface area (Å²) in [6, 6.07) is 11.1. The molecule has 1 aliphatic heterocycles. The third-order valence-electron chi connectivity index (χ3n) is 5.38. The van der Waals surface area contributed by atoms with E-state index in [1.54, 1.807) is 50.0 Å². The Bertz CT molecular complexity index is 1120. The number of hydrogen-bond donors (Lipinski definition) is 1. The lowest BCUT2D eigenvalue weighted by molar-refractivity contribution is -0.385. The van der Waals surface area contributed by atoms with E-state index in [1.165, 1.54) is 23.1 Å². The zero-order chi connectivity index (χ0) is 23.8. The molecule has 2 fully saturated rings. The highest BCUT2D eigenvalue weighted by Gasteiger charge is 2.44. The van der Waals surface area contributed by atoms with Gasteiger partial charge in [0, 0.05) is 44.9 Å². The molecule has 1 aliphatic carbocycles. The lowest BCUT2D eigenvalue weighted by Crippen LogP contribution is -2.21. The molecule has 4 rings (SSSR count). The molecule has 2 aliphatic rings. The molecule has 11 heteroatoms. The van der Waals surface area contributed by atoms with Crippen molar-refractivity contribution < 1.29 is 23.5 Å². The van der Waals surface area contributed by atoms with Crippen LogP contribution in [0.5, 0.6) is 11.5 Å². The quantitative estimate of drug-likeness (QED) is 0.234. The number of nitrogens with one attached hydrogen (secondary N) is 1. The van der Waals surface area contributed by atoms with Gasteiger partial charge < -0.3 is 9.64 Å². The van der Waals surface area contributed by atoms with Crippen molar-refractivity contribution in [1.29, 1.82) is 0 Å². The first-order valence-electron chi connectivity index (χ1n) is 10.8. The van der Waals surface area contributed by atoms with E-state index in [2.05, 4.69) is 5.09 Å². The van der Waals surface area contributed by atoms with Gasteiger partial charge in [-0.2, -0.15) is 0 Å².